The van der Waals surface area contributed by atoms with Crippen LogP contribution in [0.4, 0.5) is 0 Å². The van der Waals surface area contributed by atoms with Crippen LogP contribution in [0, 0.1) is 0 Å². The first-order chi connectivity index (χ1) is 6.46. The van der Waals surface area contributed by atoms with Crippen molar-refractivity contribution in [2.45, 2.75) is 23.5 Å². The molecule has 0 aliphatic carbocycles. The van der Waals surface area contributed by atoms with Crippen molar-refractivity contribution in [1.29, 1.82) is 0 Å². The Bertz CT molecular complexity index is 326. The molecule has 1 rings (SSSR count). The second-order valence-corrected chi connectivity index (χ2v) is 5.85. The van der Waals surface area contributed by atoms with Crippen molar-refractivity contribution in [1.82, 2.24) is 0 Å². The van der Waals surface area contributed by atoms with Crippen LogP contribution in [-0.4, -0.2) is 21.1 Å². The van der Waals surface area contributed by atoms with Crippen molar-refractivity contribution in [3.8, 4) is 11.5 Å². The predicted octanol–water partition coefficient (Wildman–Crippen LogP) is 2.84. The van der Waals surface area contributed by atoms with Gasteiger partial charge in [0.2, 0.25) is 0 Å². The van der Waals surface area contributed by atoms with E-state index in [1.165, 1.54) is 6.07 Å². The summed E-state index contributed by atoms with van der Waals surface area (Å²) in [6, 6.07) is 5.02. The molecule has 0 spiro atoms. The van der Waals surface area contributed by atoms with E-state index >= 15 is 0 Å². The lowest BCUT2D eigenvalue weighted by Gasteiger charge is -2.22. The molecule has 0 aliphatic rings. The van der Waals surface area contributed by atoms with Gasteiger partial charge in [0.1, 0.15) is 0 Å². The summed E-state index contributed by atoms with van der Waals surface area (Å²) in [5.74, 6) is -0.0846. The maximum Gasteiger partial charge on any atom is 0.171 e. The average Bonchev–Trinajstić information content (AvgIpc) is 2.13. The highest BCUT2D eigenvalue weighted by molar-refractivity contribution is 8.01. The van der Waals surface area contributed by atoms with E-state index in [0.29, 0.717) is 0 Å². The summed E-state index contributed by atoms with van der Waals surface area (Å²) < 4.78 is 0.0376. The molecule has 0 aromatic heterocycles. The minimum Gasteiger partial charge on any atom is -0.504 e. The maximum atomic E-state index is 9.58. The molecular weight excluding hydrogens is 215 g/mol. The average molecular weight is 230 g/mol. The molecule has 0 amide bonds. The highest BCUT2D eigenvalue weighted by atomic mass is 32.2. The van der Waals surface area contributed by atoms with Crippen LogP contribution >= 0.6 is 21.0 Å². The lowest BCUT2D eigenvalue weighted by molar-refractivity contribution is 0.395. The standard InChI is InChI=1S/C10H15O2PS/c1-10(2,6-13)14-8-5-3-4-7(11)9(8)12/h3-5,11-12H,6,13H2,1-2H3. The number of phenols is 2. The van der Waals surface area contributed by atoms with Gasteiger partial charge in [0.25, 0.3) is 0 Å². The highest BCUT2D eigenvalue weighted by Crippen LogP contribution is 2.42. The Morgan fingerprint density at radius 1 is 1.36 bits per heavy atom. The first kappa shape index (κ1) is 11.7. The zero-order valence-corrected chi connectivity index (χ0v) is 10.3. The van der Waals surface area contributed by atoms with Crippen molar-refractivity contribution >= 4 is 21.0 Å². The van der Waals surface area contributed by atoms with Crippen molar-refractivity contribution < 1.29 is 10.2 Å². The van der Waals surface area contributed by atoms with Crippen LogP contribution in [0.2, 0.25) is 0 Å². The molecule has 2 N–H and O–H groups in total. The van der Waals surface area contributed by atoms with E-state index in [4.69, 9.17) is 0 Å². The molecule has 4 heteroatoms. The highest BCUT2D eigenvalue weighted by Gasteiger charge is 2.19. The van der Waals surface area contributed by atoms with Gasteiger partial charge in [-0.25, -0.2) is 0 Å². The van der Waals surface area contributed by atoms with E-state index < -0.39 is 0 Å². The summed E-state index contributed by atoms with van der Waals surface area (Å²) in [4.78, 5) is 0.720. The monoisotopic (exact) mass is 230 g/mol. The molecular formula is C10H15O2PS. The Balaban J connectivity index is 2.92. The quantitative estimate of drug-likeness (QED) is 0.476. The third kappa shape index (κ3) is 2.79. The Labute approximate surface area is 90.9 Å². The van der Waals surface area contributed by atoms with Crippen LogP contribution in [0.5, 0.6) is 11.5 Å². The number of phenolic OH excluding ortho intramolecular Hbond substituents is 2. The van der Waals surface area contributed by atoms with Crippen molar-refractivity contribution in [2.75, 3.05) is 6.16 Å². The SMILES string of the molecule is CC(C)(CP)Sc1cccc(O)c1O. The molecule has 2 nitrogen and oxygen atoms in total. The van der Waals surface area contributed by atoms with Crippen LogP contribution in [0.25, 0.3) is 0 Å². The zero-order valence-electron chi connectivity index (χ0n) is 8.32. The number of benzene rings is 1. The van der Waals surface area contributed by atoms with Gasteiger partial charge in [0.15, 0.2) is 11.5 Å². The van der Waals surface area contributed by atoms with Gasteiger partial charge < -0.3 is 10.2 Å². The third-order valence-electron chi connectivity index (χ3n) is 1.86. The van der Waals surface area contributed by atoms with Crippen LogP contribution in [0.1, 0.15) is 13.8 Å². The largest absolute Gasteiger partial charge is 0.504 e. The minimum atomic E-state index is -0.0606. The molecule has 0 bridgehead atoms. The normalized spacial score (nSPS) is 11.6. The van der Waals surface area contributed by atoms with Gasteiger partial charge in [-0.3, -0.25) is 0 Å². The fourth-order valence-electron chi connectivity index (χ4n) is 0.932. The third-order valence-corrected chi connectivity index (χ3v) is 4.44. The number of thioether (sulfide) groups is 1. The molecule has 0 fully saturated rings. The summed E-state index contributed by atoms with van der Waals surface area (Å²) in [5, 5.41) is 18.9. The van der Waals surface area contributed by atoms with E-state index in [1.54, 1.807) is 17.8 Å². The van der Waals surface area contributed by atoms with Gasteiger partial charge in [-0.2, -0.15) is 0 Å². The fourth-order valence-corrected chi connectivity index (χ4v) is 2.21. The van der Waals surface area contributed by atoms with Crippen LogP contribution in [0.3, 0.4) is 0 Å². The van der Waals surface area contributed by atoms with E-state index in [2.05, 4.69) is 23.1 Å². The molecule has 1 aromatic carbocycles. The van der Waals surface area contributed by atoms with Gasteiger partial charge in [-0.1, -0.05) is 19.9 Å². The Morgan fingerprint density at radius 2 is 2.00 bits per heavy atom. The van der Waals surface area contributed by atoms with Crippen molar-refractivity contribution in [2.24, 2.45) is 0 Å². The van der Waals surface area contributed by atoms with E-state index in [0.717, 1.165) is 11.1 Å². The second-order valence-electron chi connectivity index (χ2n) is 3.69. The van der Waals surface area contributed by atoms with Gasteiger partial charge in [0.05, 0.1) is 4.90 Å². The van der Waals surface area contributed by atoms with Gasteiger partial charge >= 0.3 is 0 Å². The van der Waals surface area contributed by atoms with Crippen molar-refractivity contribution in [3.63, 3.8) is 0 Å². The van der Waals surface area contributed by atoms with Gasteiger partial charge in [-0.15, -0.1) is 21.0 Å². The predicted molar refractivity (Wildman–Crippen MR) is 64.3 cm³/mol. The van der Waals surface area contributed by atoms with E-state index in [-0.39, 0.29) is 16.2 Å². The van der Waals surface area contributed by atoms with Crippen molar-refractivity contribution in [3.05, 3.63) is 18.2 Å². The fraction of sp³-hybridized carbons (Fsp3) is 0.400. The van der Waals surface area contributed by atoms with Crippen LogP contribution in [-0.2, 0) is 0 Å². The van der Waals surface area contributed by atoms with Crippen LogP contribution < -0.4 is 0 Å². The Kier molecular flexibility index (Phi) is 3.68. The summed E-state index contributed by atoms with van der Waals surface area (Å²) in [5.41, 5.74) is 0. The first-order valence-corrected chi connectivity index (χ1v) is 5.99. The van der Waals surface area contributed by atoms with Gasteiger partial charge in [-0.05, 0) is 18.3 Å². The molecule has 0 heterocycles. The van der Waals surface area contributed by atoms with E-state index in [9.17, 15) is 10.2 Å². The summed E-state index contributed by atoms with van der Waals surface area (Å²) in [6.45, 7) is 4.18. The smallest absolute Gasteiger partial charge is 0.171 e. The molecule has 14 heavy (non-hydrogen) atoms. The maximum absolute atomic E-state index is 9.58. The molecule has 1 unspecified atom stereocenters. The number of hydrogen-bond donors (Lipinski definition) is 2. The molecule has 0 saturated carbocycles. The topological polar surface area (TPSA) is 40.5 Å². The number of hydrogen-bond acceptors (Lipinski definition) is 3. The molecule has 0 radical (unpaired) electrons. The minimum absolute atomic E-state index is 0.0241. The zero-order chi connectivity index (χ0) is 10.8. The number of para-hydroxylation sites is 1. The molecule has 0 saturated heterocycles. The van der Waals surface area contributed by atoms with Crippen LogP contribution in [0.15, 0.2) is 23.1 Å². The lowest BCUT2D eigenvalue weighted by atomic mass is 10.2. The molecule has 1 atom stereocenters. The summed E-state index contributed by atoms with van der Waals surface area (Å²) in [7, 11) is 2.68. The van der Waals surface area contributed by atoms with E-state index in [1.807, 2.05) is 6.07 Å². The lowest BCUT2D eigenvalue weighted by Crippen LogP contribution is -2.15. The number of rotatable bonds is 3. The molecule has 78 valence electrons. The summed E-state index contributed by atoms with van der Waals surface area (Å²) in [6.07, 6.45) is 0.923. The number of aromatic hydroxyl groups is 2. The first-order valence-electron chi connectivity index (χ1n) is 4.36. The summed E-state index contributed by atoms with van der Waals surface area (Å²) >= 11 is 1.56. The Hall–Kier alpha value is -0.400. The Morgan fingerprint density at radius 3 is 2.57 bits per heavy atom. The molecule has 1 aromatic rings. The molecule has 0 aliphatic heterocycles. The second kappa shape index (κ2) is 4.41. The van der Waals surface area contributed by atoms with Gasteiger partial charge in [0, 0.05) is 4.75 Å².